The minimum absolute atomic E-state index is 0.0561. The van der Waals surface area contributed by atoms with Crippen molar-refractivity contribution < 1.29 is 14.3 Å². The molecule has 0 aliphatic carbocycles. The predicted molar refractivity (Wildman–Crippen MR) is 106 cm³/mol. The fourth-order valence-corrected chi connectivity index (χ4v) is 4.34. The Morgan fingerprint density at radius 3 is 2.92 bits per heavy atom. The minimum Gasteiger partial charge on any atom is -0.497 e. The van der Waals surface area contributed by atoms with E-state index < -0.39 is 0 Å². The molecule has 0 radical (unpaired) electrons. The summed E-state index contributed by atoms with van der Waals surface area (Å²) in [5.74, 6) is 1.58. The van der Waals surface area contributed by atoms with Gasteiger partial charge in [0.2, 0.25) is 0 Å². The lowest BCUT2D eigenvalue weighted by atomic mass is 9.98. The molecule has 0 N–H and O–H groups in total. The zero-order valence-electron chi connectivity index (χ0n) is 15.7. The van der Waals surface area contributed by atoms with Crippen molar-refractivity contribution in [3.63, 3.8) is 0 Å². The summed E-state index contributed by atoms with van der Waals surface area (Å²) in [7, 11) is 1.71. The molecular formula is C20H29BrN2O3. The fourth-order valence-electron chi connectivity index (χ4n) is 3.93. The lowest BCUT2D eigenvalue weighted by molar-refractivity contribution is 0.122. The van der Waals surface area contributed by atoms with E-state index in [4.69, 9.17) is 9.47 Å². The average Bonchev–Trinajstić information content (AvgIpc) is 3.22. The molecule has 3 rings (SSSR count). The van der Waals surface area contributed by atoms with Crippen molar-refractivity contribution in [1.29, 1.82) is 0 Å². The molecule has 2 aliphatic heterocycles. The van der Waals surface area contributed by atoms with Crippen molar-refractivity contribution in [2.75, 3.05) is 39.8 Å². The van der Waals surface area contributed by atoms with E-state index in [0.29, 0.717) is 5.92 Å². The maximum absolute atomic E-state index is 11.8. The Balaban J connectivity index is 1.44. The van der Waals surface area contributed by atoms with Crippen LogP contribution < -0.4 is 4.74 Å². The molecule has 2 heterocycles. The second-order valence-electron chi connectivity index (χ2n) is 7.36. The zero-order chi connectivity index (χ0) is 18.5. The van der Waals surface area contributed by atoms with Crippen LogP contribution in [0, 0.1) is 5.92 Å². The molecule has 5 nitrogen and oxygen atoms in total. The highest BCUT2D eigenvalue weighted by Gasteiger charge is 2.31. The van der Waals surface area contributed by atoms with Gasteiger partial charge in [0, 0.05) is 24.1 Å². The number of carbonyl (C=O) groups excluding carboxylic acids is 1. The van der Waals surface area contributed by atoms with E-state index in [2.05, 4.69) is 39.9 Å². The molecule has 2 atom stereocenters. The Bertz CT molecular complexity index is 625. The highest BCUT2D eigenvalue weighted by Crippen LogP contribution is 2.28. The highest BCUT2D eigenvalue weighted by molar-refractivity contribution is 9.10. The maximum Gasteiger partial charge on any atom is 0.410 e. The number of carbonyl (C=O) groups is 1. The standard InChI is InChI=1S/C20H29BrN2O3/c1-3-8-23-14-18(26-20(23)24)7-10-22-9-6-15(13-22)11-16-12-17(25-2)4-5-19(16)21/h4-5,12,15,18H,3,6-11,13-14H2,1-2H3. The summed E-state index contributed by atoms with van der Waals surface area (Å²) in [5, 5.41) is 0. The van der Waals surface area contributed by atoms with Gasteiger partial charge in [0.1, 0.15) is 11.9 Å². The van der Waals surface area contributed by atoms with E-state index in [1.54, 1.807) is 7.11 Å². The van der Waals surface area contributed by atoms with Gasteiger partial charge in [-0.05, 0) is 61.9 Å². The van der Waals surface area contributed by atoms with Gasteiger partial charge in [0.25, 0.3) is 0 Å². The zero-order valence-corrected chi connectivity index (χ0v) is 17.3. The number of methoxy groups -OCH3 is 1. The number of benzene rings is 1. The average molecular weight is 425 g/mol. The molecule has 2 aliphatic rings. The van der Waals surface area contributed by atoms with Crippen molar-refractivity contribution >= 4 is 22.0 Å². The van der Waals surface area contributed by atoms with Crippen LogP contribution in [0.1, 0.15) is 31.7 Å². The number of ether oxygens (including phenoxy) is 2. The fraction of sp³-hybridized carbons (Fsp3) is 0.650. The van der Waals surface area contributed by atoms with Crippen LogP contribution in [0.5, 0.6) is 5.75 Å². The number of cyclic esters (lactones) is 1. The van der Waals surface area contributed by atoms with Crippen LogP contribution >= 0.6 is 15.9 Å². The molecule has 0 bridgehead atoms. The Hall–Kier alpha value is -1.27. The Morgan fingerprint density at radius 1 is 1.31 bits per heavy atom. The number of likely N-dealkylation sites (tertiary alicyclic amines) is 1. The number of hydrogen-bond acceptors (Lipinski definition) is 4. The summed E-state index contributed by atoms with van der Waals surface area (Å²) in [6, 6.07) is 6.18. The van der Waals surface area contributed by atoms with Gasteiger partial charge in [0.05, 0.1) is 13.7 Å². The number of amides is 1. The molecule has 2 saturated heterocycles. The second-order valence-corrected chi connectivity index (χ2v) is 8.21. The van der Waals surface area contributed by atoms with Crippen molar-refractivity contribution in [1.82, 2.24) is 9.80 Å². The molecule has 144 valence electrons. The summed E-state index contributed by atoms with van der Waals surface area (Å²) in [6.07, 6.45) is 4.11. The van der Waals surface area contributed by atoms with Gasteiger partial charge in [0.15, 0.2) is 0 Å². The normalized spacial score (nSPS) is 23.5. The Labute approximate surface area is 164 Å². The molecule has 0 spiro atoms. The van der Waals surface area contributed by atoms with Gasteiger partial charge < -0.3 is 19.3 Å². The first kappa shape index (κ1) is 19.5. The molecule has 2 unspecified atom stereocenters. The molecule has 26 heavy (non-hydrogen) atoms. The second kappa shape index (κ2) is 9.09. The smallest absolute Gasteiger partial charge is 0.410 e. The van der Waals surface area contributed by atoms with Crippen molar-refractivity contribution in [3.8, 4) is 5.75 Å². The monoisotopic (exact) mass is 424 g/mol. The lowest BCUT2D eigenvalue weighted by Crippen LogP contribution is -2.28. The summed E-state index contributed by atoms with van der Waals surface area (Å²) in [4.78, 5) is 16.1. The van der Waals surface area contributed by atoms with Gasteiger partial charge in [-0.25, -0.2) is 4.79 Å². The van der Waals surface area contributed by atoms with Crippen molar-refractivity contribution in [3.05, 3.63) is 28.2 Å². The van der Waals surface area contributed by atoms with Gasteiger partial charge in [-0.1, -0.05) is 22.9 Å². The molecule has 6 heteroatoms. The van der Waals surface area contributed by atoms with Gasteiger partial charge in [-0.2, -0.15) is 0 Å². The summed E-state index contributed by atoms with van der Waals surface area (Å²) < 4.78 is 12.0. The summed E-state index contributed by atoms with van der Waals surface area (Å²) in [6.45, 7) is 6.89. The van der Waals surface area contributed by atoms with Crippen LogP contribution in [0.4, 0.5) is 4.79 Å². The summed E-state index contributed by atoms with van der Waals surface area (Å²) in [5.41, 5.74) is 1.32. The van der Waals surface area contributed by atoms with Crippen LogP contribution in [-0.4, -0.2) is 61.8 Å². The van der Waals surface area contributed by atoms with Crippen LogP contribution in [0.15, 0.2) is 22.7 Å². The molecule has 1 amide bonds. The molecule has 1 aromatic carbocycles. The topological polar surface area (TPSA) is 42.0 Å². The summed E-state index contributed by atoms with van der Waals surface area (Å²) >= 11 is 3.66. The number of halogens is 1. The first-order valence-electron chi connectivity index (χ1n) is 9.59. The third-order valence-corrected chi connectivity index (χ3v) is 6.12. The first-order valence-corrected chi connectivity index (χ1v) is 10.4. The Morgan fingerprint density at radius 2 is 2.15 bits per heavy atom. The van der Waals surface area contributed by atoms with Crippen LogP contribution in [0.25, 0.3) is 0 Å². The van der Waals surface area contributed by atoms with E-state index in [-0.39, 0.29) is 12.2 Å². The van der Waals surface area contributed by atoms with E-state index in [1.807, 2.05) is 11.0 Å². The third-order valence-electron chi connectivity index (χ3n) is 5.34. The molecule has 1 aromatic rings. The SMILES string of the molecule is CCCN1CC(CCN2CCC(Cc3cc(OC)ccc3Br)C2)OC1=O. The largest absolute Gasteiger partial charge is 0.497 e. The quantitative estimate of drug-likeness (QED) is 0.633. The molecule has 0 saturated carbocycles. The number of rotatable bonds is 8. The predicted octanol–water partition coefficient (Wildman–Crippen LogP) is 3.94. The number of nitrogens with zero attached hydrogens (tertiary/aromatic N) is 2. The van der Waals surface area contributed by atoms with Gasteiger partial charge in [-0.3, -0.25) is 0 Å². The van der Waals surface area contributed by atoms with Gasteiger partial charge in [-0.15, -0.1) is 0 Å². The van der Waals surface area contributed by atoms with E-state index >= 15 is 0 Å². The van der Waals surface area contributed by atoms with E-state index in [1.165, 1.54) is 12.0 Å². The third kappa shape index (κ3) is 4.92. The number of hydrogen-bond donors (Lipinski definition) is 0. The van der Waals surface area contributed by atoms with E-state index in [0.717, 1.165) is 62.2 Å². The van der Waals surface area contributed by atoms with E-state index in [9.17, 15) is 4.79 Å². The van der Waals surface area contributed by atoms with Crippen molar-refractivity contribution in [2.45, 2.75) is 38.7 Å². The molecule has 0 aromatic heterocycles. The van der Waals surface area contributed by atoms with Crippen molar-refractivity contribution in [2.24, 2.45) is 5.92 Å². The van der Waals surface area contributed by atoms with Crippen LogP contribution in [0.2, 0.25) is 0 Å². The lowest BCUT2D eigenvalue weighted by Gasteiger charge is -2.18. The minimum atomic E-state index is -0.140. The molecular weight excluding hydrogens is 396 g/mol. The Kier molecular flexibility index (Phi) is 6.81. The van der Waals surface area contributed by atoms with Gasteiger partial charge >= 0.3 is 6.09 Å². The molecule has 2 fully saturated rings. The highest BCUT2D eigenvalue weighted by atomic mass is 79.9. The van der Waals surface area contributed by atoms with Crippen LogP contribution in [-0.2, 0) is 11.2 Å². The maximum atomic E-state index is 11.8. The van der Waals surface area contributed by atoms with Crippen LogP contribution in [0.3, 0.4) is 0 Å². The first-order chi connectivity index (χ1) is 12.6.